The second-order valence-corrected chi connectivity index (χ2v) is 7.53. The minimum absolute atomic E-state index is 0.0635. The van der Waals surface area contributed by atoms with Gasteiger partial charge in [-0.2, -0.15) is 0 Å². The number of nitrogens with one attached hydrogen (secondary N) is 2. The number of hydrogen-bond acceptors (Lipinski definition) is 3. The lowest BCUT2D eigenvalue weighted by Crippen LogP contribution is -2.45. The van der Waals surface area contributed by atoms with Crippen molar-refractivity contribution >= 4 is 17.5 Å². The summed E-state index contributed by atoms with van der Waals surface area (Å²) >= 11 is 6.21. The quantitative estimate of drug-likeness (QED) is 0.859. The molecule has 0 aromatic heterocycles. The van der Waals surface area contributed by atoms with Gasteiger partial charge in [0.1, 0.15) is 0 Å². The number of piperidine rings is 1. The Morgan fingerprint density at radius 2 is 2.08 bits per heavy atom. The molecule has 2 fully saturated rings. The Hall–Kier alpha value is -1.10. The number of benzene rings is 1. The van der Waals surface area contributed by atoms with E-state index in [0.29, 0.717) is 17.6 Å². The number of carbonyl (C=O) groups is 1. The maximum absolute atomic E-state index is 12.3. The molecule has 2 unspecified atom stereocenters. The smallest absolute Gasteiger partial charge is 0.234 e. The normalized spacial score (nSPS) is 24.0. The first-order valence-electron chi connectivity index (χ1n) is 9.13. The van der Waals surface area contributed by atoms with Crippen LogP contribution in [0.2, 0.25) is 5.02 Å². The summed E-state index contributed by atoms with van der Waals surface area (Å²) in [5, 5.41) is 7.40. The topological polar surface area (TPSA) is 44.4 Å². The van der Waals surface area contributed by atoms with Crippen LogP contribution in [0.5, 0.6) is 0 Å². The summed E-state index contributed by atoms with van der Waals surface area (Å²) in [6.07, 6.45) is 5.03. The third-order valence-electron chi connectivity index (χ3n) is 5.42. The van der Waals surface area contributed by atoms with E-state index in [9.17, 15) is 4.79 Å². The van der Waals surface area contributed by atoms with E-state index in [1.165, 1.54) is 32.2 Å². The van der Waals surface area contributed by atoms with Crippen molar-refractivity contribution in [3.63, 3.8) is 0 Å². The highest BCUT2D eigenvalue weighted by Crippen LogP contribution is 2.26. The Balaban J connectivity index is 1.43. The number of rotatable bonds is 5. The molecular formula is C19H28ClN3O. The highest BCUT2D eigenvalue weighted by Gasteiger charge is 2.29. The van der Waals surface area contributed by atoms with Crippen LogP contribution in [0.25, 0.3) is 0 Å². The summed E-state index contributed by atoms with van der Waals surface area (Å²) in [5.74, 6) is 0.869. The molecule has 0 radical (unpaired) electrons. The molecule has 0 saturated carbocycles. The van der Waals surface area contributed by atoms with Crippen LogP contribution in [-0.4, -0.2) is 43.0 Å². The Labute approximate surface area is 149 Å². The molecule has 1 aromatic carbocycles. The van der Waals surface area contributed by atoms with Gasteiger partial charge in [0.15, 0.2) is 0 Å². The molecule has 0 aliphatic carbocycles. The minimum Gasteiger partial charge on any atom is -0.348 e. The fraction of sp³-hybridized carbons (Fsp3) is 0.632. The maximum atomic E-state index is 12.3. The predicted molar refractivity (Wildman–Crippen MR) is 98.2 cm³/mol. The number of likely N-dealkylation sites (tertiary alicyclic amines) is 1. The lowest BCUT2D eigenvalue weighted by Gasteiger charge is -2.34. The summed E-state index contributed by atoms with van der Waals surface area (Å²) in [7, 11) is 0. The van der Waals surface area contributed by atoms with Crippen molar-refractivity contribution in [2.24, 2.45) is 5.92 Å². The van der Waals surface area contributed by atoms with Crippen LogP contribution in [0.15, 0.2) is 24.3 Å². The molecule has 2 N–H and O–H groups in total. The average Bonchev–Trinajstić information content (AvgIpc) is 3.10. The van der Waals surface area contributed by atoms with Gasteiger partial charge in [0.05, 0.1) is 12.6 Å². The van der Waals surface area contributed by atoms with Gasteiger partial charge >= 0.3 is 0 Å². The molecule has 2 atom stereocenters. The van der Waals surface area contributed by atoms with Gasteiger partial charge in [-0.3, -0.25) is 9.69 Å². The van der Waals surface area contributed by atoms with Crippen LogP contribution in [0.4, 0.5) is 0 Å². The largest absolute Gasteiger partial charge is 0.348 e. The molecule has 1 aromatic rings. The van der Waals surface area contributed by atoms with Crippen molar-refractivity contribution in [3.05, 3.63) is 34.9 Å². The van der Waals surface area contributed by atoms with E-state index < -0.39 is 0 Å². The molecule has 4 nitrogen and oxygen atoms in total. The van der Waals surface area contributed by atoms with Gasteiger partial charge in [-0.25, -0.2) is 0 Å². The lowest BCUT2D eigenvalue weighted by molar-refractivity contribution is -0.123. The summed E-state index contributed by atoms with van der Waals surface area (Å²) in [6, 6.07) is 8.33. The standard InChI is InChI=1S/C19H28ClN3O/c1-14(16-5-2-3-6-17(16)20)22-19(24)13-23-11-8-15(9-12-23)18-7-4-10-21-18/h2-3,5-6,14-15,18,21H,4,7-13H2,1H3,(H,22,24). The zero-order valence-electron chi connectivity index (χ0n) is 14.4. The van der Waals surface area contributed by atoms with E-state index in [2.05, 4.69) is 15.5 Å². The third kappa shape index (κ3) is 4.50. The molecule has 0 spiro atoms. The molecule has 3 rings (SSSR count). The van der Waals surface area contributed by atoms with E-state index in [1.54, 1.807) is 0 Å². The molecule has 5 heteroatoms. The Morgan fingerprint density at radius 1 is 1.33 bits per heavy atom. The van der Waals surface area contributed by atoms with Crippen LogP contribution in [0.3, 0.4) is 0 Å². The van der Waals surface area contributed by atoms with Crippen molar-refractivity contribution in [2.45, 2.75) is 44.7 Å². The first-order valence-corrected chi connectivity index (χ1v) is 9.51. The molecule has 2 aliphatic rings. The number of halogens is 1. The minimum atomic E-state index is -0.0635. The fourth-order valence-corrected chi connectivity index (χ4v) is 4.32. The van der Waals surface area contributed by atoms with Crippen LogP contribution in [0, 0.1) is 5.92 Å². The van der Waals surface area contributed by atoms with E-state index >= 15 is 0 Å². The maximum Gasteiger partial charge on any atom is 0.234 e. The second kappa shape index (κ2) is 8.32. The Bertz CT molecular complexity index is 551. The van der Waals surface area contributed by atoms with Crippen molar-refractivity contribution in [2.75, 3.05) is 26.2 Å². The van der Waals surface area contributed by atoms with Gasteiger partial charge in [0, 0.05) is 11.1 Å². The molecule has 2 saturated heterocycles. The SMILES string of the molecule is CC(NC(=O)CN1CCC(C2CCCN2)CC1)c1ccccc1Cl. The Kier molecular flexibility index (Phi) is 6.14. The van der Waals surface area contributed by atoms with Crippen molar-refractivity contribution < 1.29 is 4.79 Å². The third-order valence-corrected chi connectivity index (χ3v) is 5.76. The molecule has 2 heterocycles. The highest BCUT2D eigenvalue weighted by atomic mass is 35.5. The van der Waals surface area contributed by atoms with Crippen LogP contribution < -0.4 is 10.6 Å². The van der Waals surface area contributed by atoms with Crippen molar-refractivity contribution in [3.8, 4) is 0 Å². The molecule has 132 valence electrons. The van der Waals surface area contributed by atoms with Gasteiger partial charge in [0.2, 0.25) is 5.91 Å². The molecular weight excluding hydrogens is 322 g/mol. The average molecular weight is 350 g/mol. The number of hydrogen-bond donors (Lipinski definition) is 2. The molecule has 0 bridgehead atoms. The van der Waals surface area contributed by atoms with E-state index in [1.807, 2.05) is 31.2 Å². The van der Waals surface area contributed by atoms with Crippen LogP contribution in [0.1, 0.15) is 44.2 Å². The summed E-state index contributed by atoms with van der Waals surface area (Å²) in [6.45, 7) is 5.69. The summed E-state index contributed by atoms with van der Waals surface area (Å²) in [5.41, 5.74) is 0.971. The first kappa shape index (κ1) is 17.7. The van der Waals surface area contributed by atoms with E-state index in [-0.39, 0.29) is 11.9 Å². The van der Waals surface area contributed by atoms with Crippen molar-refractivity contribution in [1.82, 2.24) is 15.5 Å². The fourth-order valence-electron chi connectivity index (χ4n) is 4.02. The zero-order chi connectivity index (χ0) is 16.9. The molecule has 24 heavy (non-hydrogen) atoms. The molecule has 2 aliphatic heterocycles. The first-order chi connectivity index (χ1) is 11.6. The Morgan fingerprint density at radius 3 is 2.75 bits per heavy atom. The summed E-state index contributed by atoms with van der Waals surface area (Å²) < 4.78 is 0. The zero-order valence-corrected chi connectivity index (χ0v) is 15.2. The summed E-state index contributed by atoms with van der Waals surface area (Å²) in [4.78, 5) is 14.6. The second-order valence-electron chi connectivity index (χ2n) is 7.13. The van der Waals surface area contributed by atoms with Crippen LogP contribution in [-0.2, 0) is 4.79 Å². The highest BCUT2D eigenvalue weighted by molar-refractivity contribution is 6.31. The van der Waals surface area contributed by atoms with Gasteiger partial charge in [-0.1, -0.05) is 29.8 Å². The monoisotopic (exact) mass is 349 g/mol. The number of amides is 1. The van der Waals surface area contributed by atoms with Gasteiger partial charge in [0.25, 0.3) is 0 Å². The number of nitrogens with zero attached hydrogens (tertiary/aromatic N) is 1. The lowest BCUT2D eigenvalue weighted by atomic mass is 9.88. The van der Waals surface area contributed by atoms with Gasteiger partial charge in [-0.15, -0.1) is 0 Å². The number of carbonyl (C=O) groups excluding carboxylic acids is 1. The van der Waals surface area contributed by atoms with Crippen molar-refractivity contribution in [1.29, 1.82) is 0 Å². The van der Waals surface area contributed by atoms with Gasteiger partial charge in [-0.05, 0) is 69.8 Å². The van der Waals surface area contributed by atoms with E-state index in [4.69, 9.17) is 11.6 Å². The van der Waals surface area contributed by atoms with Gasteiger partial charge < -0.3 is 10.6 Å². The van der Waals surface area contributed by atoms with E-state index in [0.717, 1.165) is 24.6 Å². The molecule has 1 amide bonds. The predicted octanol–water partition coefficient (Wildman–Crippen LogP) is 2.98. The van der Waals surface area contributed by atoms with Crippen LogP contribution >= 0.6 is 11.6 Å².